The lowest BCUT2D eigenvalue weighted by Gasteiger charge is -2.41. The summed E-state index contributed by atoms with van der Waals surface area (Å²) in [7, 11) is -5.11. The molecule has 1 rings (SSSR count). The fourth-order valence-electron chi connectivity index (χ4n) is 5.22. The second kappa shape index (κ2) is 25.5. The maximum absolute atomic E-state index is 12.9. The fraction of sp³-hybridized carbons (Fsp3) is 0.848. The molecule has 0 aromatic carbocycles. The summed E-state index contributed by atoms with van der Waals surface area (Å²) in [5.41, 5.74) is 0. The summed E-state index contributed by atoms with van der Waals surface area (Å²) >= 11 is 0. The molecule has 8 atom stereocenters. The molecular formula is C33H61NO12S. The van der Waals surface area contributed by atoms with Gasteiger partial charge >= 0.3 is 10.4 Å². The number of carbonyl (C=O) groups is 1. The van der Waals surface area contributed by atoms with Gasteiger partial charge in [-0.15, -0.1) is 0 Å². The van der Waals surface area contributed by atoms with Crippen LogP contribution >= 0.6 is 0 Å². The predicted molar refractivity (Wildman–Crippen MR) is 178 cm³/mol. The van der Waals surface area contributed by atoms with E-state index < -0.39 is 78.5 Å². The van der Waals surface area contributed by atoms with Crippen LogP contribution in [0.15, 0.2) is 24.3 Å². The van der Waals surface area contributed by atoms with E-state index in [9.17, 15) is 38.7 Å². The first-order valence-corrected chi connectivity index (χ1v) is 18.7. The minimum Gasteiger partial charge on any atom is -0.394 e. The lowest BCUT2D eigenvalue weighted by molar-refractivity contribution is -0.298. The molecule has 13 nitrogen and oxygen atoms in total. The normalized spacial score (nSPS) is 24.1. The number of hydrogen-bond acceptors (Lipinski definition) is 11. The maximum Gasteiger partial charge on any atom is 0.397 e. The smallest absolute Gasteiger partial charge is 0.394 e. The zero-order chi connectivity index (χ0) is 35.1. The van der Waals surface area contributed by atoms with Gasteiger partial charge in [0.15, 0.2) is 6.29 Å². The van der Waals surface area contributed by atoms with Crippen molar-refractivity contribution in [3.05, 3.63) is 24.3 Å². The number of carbonyl (C=O) groups excluding carboxylic acids is 1. The highest BCUT2D eigenvalue weighted by Crippen LogP contribution is 2.26. The number of hydrogen-bond donors (Lipinski definition) is 7. The number of amides is 1. The number of rotatable bonds is 27. The van der Waals surface area contributed by atoms with Gasteiger partial charge in [-0.3, -0.25) is 9.35 Å². The van der Waals surface area contributed by atoms with Crippen molar-refractivity contribution in [2.45, 2.75) is 166 Å². The van der Waals surface area contributed by atoms with Crippen molar-refractivity contribution in [1.82, 2.24) is 5.32 Å². The Kier molecular flexibility index (Phi) is 23.6. The summed E-state index contributed by atoms with van der Waals surface area (Å²) in [4.78, 5) is 12.9. The minimum absolute atomic E-state index is 0.212. The van der Waals surface area contributed by atoms with Crippen molar-refractivity contribution >= 4 is 16.3 Å². The van der Waals surface area contributed by atoms with E-state index in [1.54, 1.807) is 6.08 Å². The molecule has 1 saturated heterocycles. The van der Waals surface area contributed by atoms with Gasteiger partial charge in [0.1, 0.15) is 30.5 Å². The Bertz CT molecular complexity index is 979. The first-order chi connectivity index (χ1) is 22.4. The highest BCUT2D eigenvalue weighted by Gasteiger charge is 2.48. The SMILES string of the molecule is CCCCCC/C=C/C(O)C(COC1OC(CO)C(O)C(OS(=O)(=O)O)C1O)NC(=O)C(O)CCCC/C=C\CCCCCCCC. The molecular weight excluding hydrogens is 634 g/mol. The van der Waals surface area contributed by atoms with Crippen LogP contribution in [-0.2, 0) is 28.9 Å². The van der Waals surface area contributed by atoms with Gasteiger partial charge in [-0.1, -0.05) is 95.9 Å². The minimum atomic E-state index is -5.11. The third kappa shape index (κ3) is 19.4. The molecule has 0 saturated carbocycles. The summed E-state index contributed by atoms with van der Waals surface area (Å²) < 4.78 is 46.9. The highest BCUT2D eigenvalue weighted by molar-refractivity contribution is 7.80. The Morgan fingerprint density at radius 3 is 2.00 bits per heavy atom. The van der Waals surface area contributed by atoms with E-state index in [1.165, 1.54) is 44.6 Å². The van der Waals surface area contributed by atoms with Gasteiger partial charge in [-0.25, -0.2) is 4.18 Å². The molecule has 7 N–H and O–H groups in total. The topological polar surface area (TPSA) is 212 Å². The van der Waals surface area contributed by atoms with E-state index in [0.717, 1.165) is 44.9 Å². The highest BCUT2D eigenvalue weighted by atomic mass is 32.3. The number of nitrogens with one attached hydrogen (secondary N) is 1. The van der Waals surface area contributed by atoms with Crippen molar-refractivity contribution in [3.63, 3.8) is 0 Å². The van der Waals surface area contributed by atoms with E-state index in [4.69, 9.17) is 14.0 Å². The van der Waals surface area contributed by atoms with Crippen molar-refractivity contribution in [1.29, 1.82) is 0 Å². The van der Waals surface area contributed by atoms with Crippen LogP contribution < -0.4 is 5.32 Å². The van der Waals surface area contributed by atoms with Crippen LogP contribution in [0.5, 0.6) is 0 Å². The third-order valence-corrected chi connectivity index (χ3v) is 8.55. The van der Waals surface area contributed by atoms with Crippen LogP contribution in [0.3, 0.4) is 0 Å². The van der Waals surface area contributed by atoms with E-state index in [2.05, 4.69) is 35.5 Å². The lowest BCUT2D eigenvalue weighted by Crippen LogP contribution is -2.61. The maximum atomic E-state index is 12.9. The zero-order valence-corrected chi connectivity index (χ0v) is 29.0. The van der Waals surface area contributed by atoms with Gasteiger partial charge in [0, 0.05) is 0 Å². The number of ether oxygens (including phenoxy) is 2. The van der Waals surface area contributed by atoms with E-state index >= 15 is 0 Å². The standard InChI is InChI=1S/C33H61NO12S/c1-3-5-7-9-11-12-13-14-15-16-18-20-22-27(37)32(40)34-25(26(36)21-19-17-10-8-6-4-2)24-44-33-30(39)31(46-47(41,42)43)29(38)28(23-35)45-33/h14-15,19,21,25-31,33,35-39H,3-13,16-18,20,22-24H2,1-2H3,(H,34,40)(H,41,42,43)/b15-14-,21-19+. The molecule has 0 radical (unpaired) electrons. The molecule has 0 aromatic rings. The van der Waals surface area contributed by atoms with Gasteiger partial charge in [0.05, 0.1) is 25.4 Å². The summed E-state index contributed by atoms with van der Waals surface area (Å²) in [6, 6.07) is -1.12. The van der Waals surface area contributed by atoms with Crippen LogP contribution in [-0.4, -0.2) is 107 Å². The fourth-order valence-corrected chi connectivity index (χ4v) is 5.72. The molecule has 0 bridgehead atoms. The van der Waals surface area contributed by atoms with Crippen molar-refractivity contribution in [3.8, 4) is 0 Å². The lowest BCUT2D eigenvalue weighted by atomic mass is 9.99. The molecule has 276 valence electrons. The van der Waals surface area contributed by atoms with E-state index in [-0.39, 0.29) is 6.42 Å². The third-order valence-electron chi connectivity index (χ3n) is 8.08. The number of aliphatic hydroxyl groups is 5. The Morgan fingerprint density at radius 1 is 0.851 bits per heavy atom. The average Bonchev–Trinajstić information content (AvgIpc) is 3.03. The molecule has 0 aromatic heterocycles. The Balaban J connectivity index is 2.73. The molecule has 1 aliphatic heterocycles. The Hall–Kier alpha value is -1.46. The van der Waals surface area contributed by atoms with E-state index in [1.807, 2.05) is 0 Å². The summed E-state index contributed by atoms with van der Waals surface area (Å²) in [6.45, 7) is 3.03. The largest absolute Gasteiger partial charge is 0.397 e. The summed E-state index contributed by atoms with van der Waals surface area (Å²) in [6.07, 6.45) is 12.0. The monoisotopic (exact) mass is 695 g/mol. The van der Waals surface area contributed by atoms with Crippen LogP contribution in [0, 0.1) is 0 Å². The molecule has 0 aliphatic carbocycles. The molecule has 1 heterocycles. The molecule has 1 aliphatic rings. The molecule has 8 unspecified atom stereocenters. The number of aliphatic hydroxyl groups excluding tert-OH is 5. The Morgan fingerprint density at radius 2 is 1.40 bits per heavy atom. The van der Waals surface area contributed by atoms with Gasteiger partial charge in [0.2, 0.25) is 5.91 Å². The van der Waals surface area contributed by atoms with Crippen LogP contribution in [0.2, 0.25) is 0 Å². The summed E-state index contributed by atoms with van der Waals surface area (Å²) in [5.74, 6) is -0.728. The zero-order valence-electron chi connectivity index (χ0n) is 28.2. The predicted octanol–water partition coefficient (Wildman–Crippen LogP) is 3.23. The van der Waals surface area contributed by atoms with Crippen LogP contribution in [0.25, 0.3) is 0 Å². The van der Waals surface area contributed by atoms with Gasteiger partial charge < -0.3 is 40.3 Å². The second-order valence-corrected chi connectivity index (χ2v) is 13.3. The molecule has 1 fully saturated rings. The molecule has 0 spiro atoms. The van der Waals surface area contributed by atoms with Crippen LogP contribution in [0.4, 0.5) is 0 Å². The van der Waals surface area contributed by atoms with Crippen molar-refractivity contribution in [2.24, 2.45) is 0 Å². The van der Waals surface area contributed by atoms with Gasteiger partial charge in [0.25, 0.3) is 0 Å². The molecule has 14 heteroatoms. The van der Waals surface area contributed by atoms with Crippen LogP contribution in [0.1, 0.15) is 117 Å². The van der Waals surface area contributed by atoms with Gasteiger partial charge in [-0.05, 0) is 44.9 Å². The summed E-state index contributed by atoms with van der Waals surface area (Å²) in [5, 5.41) is 54.4. The molecule has 1 amide bonds. The van der Waals surface area contributed by atoms with Crippen molar-refractivity contribution in [2.75, 3.05) is 13.2 Å². The van der Waals surface area contributed by atoms with E-state index in [0.29, 0.717) is 12.8 Å². The van der Waals surface area contributed by atoms with Crippen molar-refractivity contribution < 1.29 is 57.0 Å². The number of unbranched alkanes of at least 4 members (excludes halogenated alkanes) is 12. The Labute approximate surface area is 281 Å². The average molecular weight is 696 g/mol. The first-order valence-electron chi connectivity index (χ1n) is 17.3. The molecule has 47 heavy (non-hydrogen) atoms. The quantitative estimate of drug-likeness (QED) is 0.0375. The number of allylic oxidation sites excluding steroid dienone is 3. The second-order valence-electron chi connectivity index (χ2n) is 12.2. The van der Waals surface area contributed by atoms with Gasteiger partial charge in [-0.2, -0.15) is 8.42 Å². The first kappa shape index (κ1) is 43.6.